The van der Waals surface area contributed by atoms with Crippen LogP contribution < -0.4 is 5.32 Å². The van der Waals surface area contributed by atoms with E-state index < -0.39 is 10.0 Å². The zero-order valence-corrected chi connectivity index (χ0v) is 12.6. The number of sulfonamides is 1. The lowest BCUT2D eigenvalue weighted by Gasteiger charge is -2.16. The lowest BCUT2D eigenvalue weighted by atomic mass is 10.3. The molecule has 0 aliphatic carbocycles. The molecule has 6 heteroatoms. The second-order valence-corrected chi connectivity index (χ2v) is 6.86. The van der Waals surface area contributed by atoms with Gasteiger partial charge < -0.3 is 9.73 Å². The van der Waals surface area contributed by atoms with E-state index in [9.17, 15) is 8.42 Å². The van der Waals surface area contributed by atoms with Gasteiger partial charge in [-0.1, -0.05) is 6.92 Å². The number of furan rings is 1. The Morgan fingerprint density at radius 2 is 2.11 bits per heavy atom. The third-order valence-electron chi connectivity index (χ3n) is 2.89. The van der Waals surface area contributed by atoms with E-state index in [1.807, 2.05) is 0 Å². The van der Waals surface area contributed by atoms with E-state index in [2.05, 4.69) is 12.2 Å². The van der Waals surface area contributed by atoms with Crippen LogP contribution in [0.15, 0.2) is 23.0 Å². The van der Waals surface area contributed by atoms with E-state index in [1.54, 1.807) is 25.6 Å². The summed E-state index contributed by atoms with van der Waals surface area (Å²) in [4.78, 5) is 0. The zero-order chi connectivity index (χ0) is 14.1. The monoisotopic (exact) mass is 288 g/mol. The van der Waals surface area contributed by atoms with Crippen LogP contribution in [0.3, 0.4) is 0 Å². The van der Waals surface area contributed by atoms with Gasteiger partial charge in [-0.05, 0) is 38.4 Å². The van der Waals surface area contributed by atoms with Crippen molar-refractivity contribution in [2.45, 2.75) is 32.7 Å². The molecule has 0 aliphatic rings. The van der Waals surface area contributed by atoms with Gasteiger partial charge in [-0.15, -0.1) is 0 Å². The van der Waals surface area contributed by atoms with Crippen LogP contribution >= 0.6 is 0 Å². The molecule has 110 valence electrons. The second-order valence-electron chi connectivity index (χ2n) is 4.66. The van der Waals surface area contributed by atoms with Gasteiger partial charge in [0.15, 0.2) is 0 Å². The molecule has 1 aromatic heterocycles. The van der Waals surface area contributed by atoms with Crippen LogP contribution in [0, 0.1) is 0 Å². The molecule has 0 aromatic carbocycles. The van der Waals surface area contributed by atoms with Crippen LogP contribution in [-0.4, -0.2) is 38.6 Å². The van der Waals surface area contributed by atoms with Gasteiger partial charge in [-0.3, -0.25) is 0 Å². The summed E-state index contributed by atoms with van der Waals surface area (Å²) in [5.74, 6) is 0.204. The molecule has 1 N–H and O–H groups in total. The number of hydrogen-bond acceptors (Lipinski definition) is 4. The third kappa shape index (κ3) is 6.22. The molecule has 1 rings (SSSR count). The Balaban J connectivity index is 2.26. The van der Waals surface area contributed by atoms with Crippen LogP contribution in [0.5, 0.6) is 0 Å². The highest BCUT2D eigenvalue weighted by Crippen LogP contribution is 2.09. The molecule has 0 bridgehead atoms. The Labute approximate surface area is 116 Å². The van der Waals surface area contributed by atoms with E-state index >= 15 is 0 Å². The topological polar surface area (TPSA) is 62.6 Å². The second kappa shape index (κ2) is 8.35. The van der Waals surface area contributed by atoms with Crippen molar-refractivity contribution in [2.75, 3.05) is 25.9 Å². The number of nitrogens with one attached hydrogen (secondary N) is 1. The standard InChI is InChI=1S/C13H24N2O3S/c1-3-7-14-8-4-5-10-19(16,17)15(2)11-13-6-9-18-12-13/h6,9,12,14H,3-5,7-8,10-11H2,1-2H3. The number of hydrogen-bond donors (Lipinski definition) is 1. The summed E-state index contributed by atoms with van der Waals surface area (Å²) in [5.41, 5.74) is 0.871. The van der Waals surface area contributed by atoms with E-state index in [1.165, 1.54) is 4.31 Å². The summed E-state index contributed by atoms with van der Waals surface area (Å²) < 4.78 is 30.4. The molecule has 0 aliphatic heterocycles. The molecule has 0 saturated heterocycles. The minimum Gasteiger partial charge on any atom is -0.472 e. The van der Waals surface area contributed by atoms with Gasteiger partial charge in [0.05, 0.1) is 18.3 Å². The Morgan fingerprint density at radius 3 is 2.74 bits per heavy atom. The fourth-order valence-electron chi connectivity index (χ4n) is 1.73. The molecular weight excluding hydrogens is 264 g/mol. The molecule has 0 unspecified atom stereocenters. The Hall–Kier alpha value is -0.850. The van der Waals surface area contributed by atoms with Crippen molar-refractivity contribution in [3.05, 3.63) is 24.2 Å². The lowest BCUT2D eigenvalue weighted by Crippen LogP contribution is -2.29. The first-order valence-electron chi connectivity index (χ1n) is 6.72. The minimum absolute atomic E-state index is 0.204. The van der Waals surface area contributed by atoms with Gasteiger partial charge in [0.25, 0.3) is 0 Å². The molecular formula is C13H24N2O3S. The number of unbranched alkanes of at least 4 members (excludes halogenated alkanes) is 1. The van der Waals surface area contributed by atoms with E-state index in [4.69, 9.17) is 4.42 Å². The molecule has 0 saturated carbocycles. The highest BCUT2D eigenvalue weighted by Gasteiger charge is 2.17. The van der Waals surface area contributed by atoms with Crippen molar-refractivity contribution in [3.63, 3.8) is 0 Å². The van der Waals surface area contributed by atoms with Crippen molar-refractivity contribution in [1.82, 2.24) is 9.62 Å². The minimum atomic E-state index is -3.17. The van der Waals surface area contributed by atoms with Crippen LogP contribution in [0.4, 0.5) is 0 Å². The van der Waals surface area contributed by atoms with Crippen molar-refractivity contribution < 1.29 is 12.8 Å². The smallest absolute Gasteiger partial charge is 0.214 e. The predicted molar refractivity (Wildman–Crippen MR) is 76.4 cm³/mol. The van der Waals surface area contributed by atoms with Gasteiger partial charge in [-0.2, -0.15) is 0 Å². The van der Waals surface area contributed by atoms with Crippen molar-refractivity contribution in [2.24, 2.45) is 0 Å². The predicted octanol–water partition coefficient (Wildman–Crippen LogP) is 1.82. The summed E-state index contributed by atoms with van der Waals surface area (Å²) in [5, 5.41) is 3.27. The molecule has 0 radical (unpaired) electrons. The first kappa shape index (κ1) is 16.2. The molecule has 0 atom stereocenters. The first-order valence-corrected chi connectivity index (χ1v) is 8.33. The van der Waals surface area contributed by atoms with Gasteiger partial charge >= 0.3 is 0 Å². The number of nitrogens with zero attached hydrogens (tertiary/aromatic N) is 1. The largest absolute Gasteiger partial charge is 0.472 e. The van der Waals surface area contributed by atoms with Crippen molar-refractivity contribution in [3.8, 4) is 0 Å². The van der Waals surface area contributed by atoms with Crippen LogP contribution in [-0.2, 0) is 16.6 Å². The quantitative estimate of drug-likeness (QED) is 0.667. The zero-order valence-electron chi connectivity index (χ0n) is 11.8. The SMILES string of the molecule is CCCNCCCCS(=O)(=O)N(C)Cc1ccoc1. The van der Waals surface area contributed by atoms with Crippen molar-refractivity contribution >= 4 is 10.0 Å². The summed E-state index contributed by atoms with van der Waals surface area (Å²) in [6.45, 7) is 4.36. The Bertz CT molecular complexity index is 429. The van der Waals surface area contributed by atoms with Crippen LogP contribution in [0.25, 0.3) is 0 Å². The van der Waals surface area contributed by atoms with Gasteiger partial charge in [0.1, 0.15) is 0 Å². The Morgan fingerprint density at radius 1 is 1.32 bits per heavy atom. The maximum Gasteiger partial charge on any atom is 0.214 e. The summed E-state index contributed by atoms with van der Waals surface area (Å²) in [6.07, 6.45) is 5.80. The fraction of sp³-hybridized carbons (Fsp3) is 0.692. The average molecular weight is 288 g/mol. The van der Waals surface area contributed by atoms with Crippen LogP contribution in [0.2, 0.25) is 0 Å². The normalized spacial score (nSPS) is 12.2. The molecule has 1 heterocycles. The van der Waals surface area contributed by atoms with Gasteiger partial charge in [0, 0.05) is 19.2 Å². The van der Waals surface area contributed by atoms with Crippen LogP contribution in [0.1, 0.15) is 31.7 Å². The fourth-order valence-corrected chi connectivity index (χ4v) is 2.96. The lowest BCUT2D eigenvalue weighted by molar-refractivity contribution is 0.461. The highest BCUT2D eigenvalue weighted by atomic mass is 32.2. The third-order valence-corrected chi connectivity index (χ3v) is 4.78. The summed E-state index contributed by atoms with van der Waals surface area (Å²) >= 11 is 0. The van der Waals surface area contributed by atoms with E-state index in [-0.39, 0.29) is 5.75 Å². The molecule has 0 fully saturated rings. The highest BCUT2D eigenvalue weighted by molar-refractivity contribution is 7.89. The maximum atomic E-state index is 12.0. The molecule has 5 nitrogen and oxygen atoms in total. The summed E-state index contributed by atoms with van der Waals surface area (Å²) in [7, 11) is -1.56. The molecule has 0 spiro atoms. The van der Waals surface area contributed by atoms with Crippen molar-refractivity contribution in [1.29, 1.82) is 0 Å². The average Bonchev–Trinajstić information content (AvgIpc) is 2.86. The first-order chi connectivity index (χ1) is 9.06. The maximum absolute atomic E-state index is 12.0. The van der Waals surface area contributed by atoms with E-state index in [0.29, 0.717) is 13.0 Å². The number of rotatable bonds is 10. The molecule has 1 aromatic rings. The Kier molecular flexibility index (Phi) is 7.12. The van der Waals surface area contributed by atoms with E-state index in [0.717, 1.165) is 31.5 Å². The summed E-state index contributed by atoms with van der Waals surface area (Å²) in [6, 6.07) is 1.78. The van der Waals surface area contributed by atoms with Gasteiger partial charge in [-0.25, -0.2) is 12.7 Å². The molecule has 19 heavy (non-hydrogen) atoms. The molecule has 0 amide bonds. The van der Waals surface area contributed by atoms with Gasteiger partial charge in [0.2, 0.25) is 10.0 Å².